The smallest absolute Gasteiger partial charge is 0.0880 e. The second-order valence-corrected chi connectivity index (χ2v) is 8.80. The maximum atomic E-state index is 11.1. The van der Waals surface area contributed by atoms with Crippen molar-refractivity contribution in [1.29, 1.82) is 0 Å². The lowest BCUT2D eigenvalue weighted by atomic mass is 9.90. The summed E-state index contributed by atoms with van der Waals surface area (Å²) in [7, 11) is 0. The number of aliphatic hydroxyl groups is 1. The van der Waals surface area contributed by atoms with E-state index < -0.39 is 5.60 Å². The zero-order valence-corrected chi connectivity index (χ0v) is 19.2. The molecule has 29 heavy (non-hydrogen) atoms. The van der Waals surface area contributed by atoms with Crippen molar-refractivity contribution < 1.29 is 5.11 Å². The maximum Gasteiger partial charge on any atom is 0.0880 e. The summed E-state index contributed by atoms with van der Waals surface area (Å²) >= 11 is 5.99. The number of rotatable bonds is 13. The van der Waals surface area contributed by atoms with Gasteiger partial charge in [-0.05, 0) is 68.1 Å². The molecule has 0 amide bonds. The van der Waals surface area contributed by atoms with E-state index >= 15 is 0 Å². The van der Waals surface area contributed by atoms with E-state index in [4.69, 9.17) is 11.6 Å². The highest BCUT2D eigenvalue weighted by atomic mass is 35.5. The molecule has 0 saturated carbocycles. The van der Waals surface area contributed by atoms with E-state index in [1.807, 2.05) is 31.2 Å². The van der Waals surface area contributed by atoms with Crippen molar-refractivity contribution in [2.45, 2.75) is 71.3 Å². The van der Waals surface area contributed by atoms with Gasteiger partial charge in [-0.15, -0.1) is 0 Å². The van der Waals surface area contributed by atoms with Gasteiger partial charge in [-0.1, -0.05) is 87.5 Å². The van der Waals surface area contributed by atoms with Gasteiger partial charge in [-0.2, -0.15) is 0 Å². The molecule has 0 aliphatic heterocycles. The minimum Gasteiger partial charge on any atom is -0.385 e. The van der Waals surface area contributed by atoms with Crippen LogP contribution in [0.2, 0.25) is 5.02 Å². The Morgan fingerprint density at radius 1 is 0.759 bits per heavy atom. The highest BCUT2D eigenvalue weighted by Crippen LogP contribution is 2.28. The molecule has 0 heterocycles. The molecule has 0 saturated heterocycles. The largest absolute Gasteiger partial charge is 0.385 e. The second-order valence-electron chi connectivity index (χ2n) is 8.36. The maximum absolute atomic E-state index is 11.1. The number of halogens is 1. The molecular weight excluding hydrogens is 378 g/mol. The van der Waals surface area contributed by atoms with Crippen molar-refractivity contribution in [3.63, 3.8) is 0 Å². The third kappa shape index (κ3) is 8.12. The summed E-state index contributed by atoms with van der Waals surface area (Å²) in [6, 6.07) is 16.2. The predicted octanol–water partition coefficient (Wildman–Crippen LogP) is 7.29. The highest BCUT2D eigenvalue weighted by Gasteiger charge is 2.24. The summed E-state index contributed by atoms with van der Waals surface area (Å²) in [5.74, 6) is 0. The first-order chi connectivity index (χ1) is 14.0. The van der Waals surface area contributed by atoms with Crippen molar-refractivity contribution in [1.82, 2.24) is 4.90 Å². The quantitative estimate of drug-likeness (QED) is 0.347. The standard InChI is InChI=1S/C26H38ClNO/c1-4-6-8-19-28(20-9-7-5-2)21-18-26(3,29)24-14-10-22(11-15-24)23-12-16-25(27)17-13-23/h10-17,29H,4-9,18-21H2,1-3H3. The van der Waals surface area contributed by atoms with Gasteiger partial charge in [0, 0.05) is 11.6 Å². The molecule has 1 atom stereocenters. The topological polar surface area (TPSA) is 23.5 Å². The molecule has 1 N–H and O–H groups in total. The summed E-state index contributed by atoms with van der Waals surface area (Å²) in [6.07, 6.45) is 8.33. The van der Waals surface area contributed by atoms with Crippen LogP contribution in [0, 0.1) is 0 Å². The molecule has 3 heteroatoms. The zero-order valence-electron chi connectivity index (χ0n) is 18.5. The minimum atomic E-state index is -0.813. The Kier molecular flexibility index (Phi) is 10.2. The Balaban J connectivity index is 1.97. The fraction of sp³-hybridized carbons (Fsp3) is 0.538. The molecule has 0 aliphatic rings. The second kappa shape index (κ2) is 12.4. The van der Waals surface area contributed by atoms with Gasteiger partial charge in [-0.25, -0.2) is 0 Å². The molecule has 1 unspecified atom stereocenters. The molecule has 0 spiro atoms. The fourth-order valence-corrected chi connectivity index (χ4v) is 3.82. The fourth-order valence-electron chi connectivity index (χ4n) is 3.69. The molecule has 0 fully saturated rings. The molecule has 0 bridgehead atoms. The summed E-state index contributed by atoms with van der Waals surface area (Å²) in [5, 5.41) is 11.9. The lowest BCUT2D eigenvalue weighted by Crippen LogP contribution is -2.33. The van der Waals surface area contributed by atoms with E-state index in [-0.39, 0.29) is 0 Å². The monoisotopic (exact) mass is 415 g/mol. The minimum absolute atomic E-state index is 0.746. The SMILES string of the molecule is CCCCCN(CCCCC)CCC(C)(O)c1ccc(-c2ccc(Cl)cc2)cc1. The molecule has 2 nitrogen and oxygen atoms in total. The zero-order chi connectivity index (χ0) is 21.1. The first-order valence-corrected chi connectivity index (χ1v) is 11.6. The number of benzene rings is 2. The van der Waals surface area contributed by atoms with Crippen LogP contribution in [0.15, 0.2) is 48.5 Å². The molecule has 0 radical (unpaired) electrons. The first kappa shape index (κ1) is 23.9. The van der Waals surface area contributed by atoms with Crippen LogP contribution in [0.1, 0.15) is 71.3 Å². The molecule has 160 valence electrons. The van der Waals surface area contributed by atoms with Gasteiger partial charge in [0.2, 0.25) is 0 Å². The van der Waals surface area contributed by atoms with E-state index in [0.717, 1.165) is 47.8 Å². The summed E-state index contributed by atoms with van der Waals surface area (Å²) in [4.78, 5) is 2.54. The summed E-state index contributed by atoms with van der Waals surface area (Å²) < 4.78 is 0. The Hall–Kier alpha value is -1.35. The van der Waals surface area contributed by atoms with Gasteiger partial charge >= 0.3 is 0 Å². The molecule has 2 rings (SSSR count). The number of hydrogen-bond acceptors (Lipinski definition) is 2. The molecule has 2 aromatic rings. The van der Waals surface area contributed by atoms with Crippen LogP contribution < -0.4 is 0 Å². The van der Waals surface area contributed by atoms with E-state index in [1.165, 1.54) is 38.5 Å². The van der Waals surface area contributed by atoms with Gasteiger partial charge in [0.25, 0.3) is 0 Å². The van der Waals surface area contributed by atoms with Crippen molar-refractivity contribution in [3.8, 4) is 11.1 Å². The lowest BCUT2D eigenvalue weighted by molar-refractivity contribution is 0.0354. The molecule has 2 aromatic carbocycles. The van der Waals surface area contributed by atoms with Crippen LogP contribution in [-0.4, -0.2) is 29.6 Å². The van der Waals surface area contributed by atoms with Crippen LogP contribution in [-0.2, 0) is 5.60 Å². The van der Waals surface area contributed by atoms with Crippen LogP contribution in [0.5, 0.6) is 0 Å². The summed E-state index contributed by atoms with van der Waals surface area (Å²) in [6.45, 7) is 9.67. The average Bonchev–Trinajstić information content (AvgIpc) is 2.72. The third-order valence-electron chi connectivity index (χ3n) is 5.75. The van der Waals surface area contributed by atoms with Crippen LogP contribution in [0.25, 0.3) is 11.1 Å². The summed E-state index contributed by atoms with van der Waals surface area (Å²) in [5.41, 5.74) is 2.45. The predicted molar refractivity (Wildman–Crippen MR) is 127 cm³/mol. The van der Waals surface area contributed by atoms with Gasteiger partial charge in [0.05, 0.1) is 5.60 Å². The van der Waals surface area contributed by atoms with Crippen molar-refractivity contribution in [2.75, 3.05) is 19.6 Å². The lowest BCUT2D eigenvalue weighted by Gasteiger charge is -2.29. The van der Waals surface area contributed by atoms with Crippen LogP contribution in [0.4, 0.5) is 0 Å². The van der Waals surface area contributed by atoms with E-state index in [0.29, 0.717) is 0 Å². The van der Waals surface area contributed by atoms with Gasteiger partial charge < -0.3 is 10.0 Å². The van der Waals surface area contributed by atoms with Crippen LogP contribution >= 0.6 is 11.6 Å². The molecule has 0 aliphatic carbocycles. The normalized spacial score (nSPS) is 13.6. The number of unbranched alkanes of at least 4 members (excludes halogenated alkanes) is 4. The number of nitrogens with zero attached hydrogens (tertiary/aromatic N) is 1. The highest BCUT2D eigenvalue weighted by molar-refractivity contribution is 6.30. The first-order valence-electron chi connectivity index (χ1n) is 11.3. The Morgan fingerprint density at radius 3 is 1.72 bits per heavy atom. The number of hydrogen-bond donors (Lipinski definition) is 1. The van der Waals surface area contributed by atoms with Gasteiger partial charge in [-0.3, -0.25) is 0 Å². The van der Waals surface area contributed by atoms with E-state index in [2.05, 4.69) is 43.0 Å². The molecular formula is C26H38ClNO. The average molecular weight is 416 g/mol. The van der Waals surface area contributed by atoms with Gasteiger partial charge in [0.15, 0.2) is 0 Å². The van der Waals surface area contributed by atoms with Crippen LogP contribution in [0.3, 0.4) is 0 Å². The van der Waals surface area contributed by atoms with Crippen molar-refractivity contribution in [2.24, 2.45) is 0 Å². The Morgan fingerprint density at radius 2 is 1.24 bits per heavy atom. The Labute approximate surface area is 182 Å². The Bertz CT molecular complexity index is 684. The van der Waals surface area contributed by atoms with Gasteiger partial charge in [0.1, 0.15) is 0 Å². The van der Waals surface area contributed by atoms with E-state index in [9.17, 15) is 5.11 Å². The van der Waals surface area contributed by atoms with Crippen molar-refractivity contribution >= 4 is 11.6 Å². The molecule has 0 aromatic heterocycles. The van der Waals surface area contributed by atoms with Crippen molar-refractivity contribution in [3.05, 3.63) is 59.1 Å². The van der Waals surface area contributed by atoms with E-state index in [1.54, 1.807) is 0 Å². The third-order valence-corrected chi connectivity index (χ3v) is 6.01.